The van der Waals surface area contributed by atoms with E-state index in [-0.39, 0.29) is 5.97 Å². The van der Waals surface area contributed by atoms with Crippen LogP contribution >= 0.6 is 0 Å². The van der Waals surface area contributed by atoms with Crippen LogP contribution in [0, 0.1) is 5.41 Å². The molecule has 1 aliphatic rings. The number of nitrogen functional groups attached to an aromatic ring is 1. The Balaban J connectivity index is 2.08. The SMILES string of the molecule is COC(=O)c1ccc(N)c(NCC2(C)CCC2)c1. The molecule has 1 aromatic rings. The predicted octanol–water partition coefficient (Wildman–Crippen LogP) is 2.66. The van der Waals surface area contributed by atoms with E-state index in [0.29, 0.717) is 16.7 Å². The molecule has 98 valence electrons. The van der Waals surface area contributed by atoms with Crippen LogP contribution in [-0.2, 0) is 4.74 Å². The molecule has 4 heteroatoms. The Kier molecular flexibility index (Phi) is 3.45. The van der Waals surface area contributed by atoms with Gasteiger partial charge in [0.15, 0.2) is 0 Å². The molecular formula is C14H20N2O2. The van der Waals surface area contributed by atoms with Gasteiger partial charge in [-0.05, 0) is 36.5 Å². The molecule has 1 fully saturated rings. The van der Waals surface area contributed by atoms with Crippen molar-refractivity contribution in [1.82, 2.24) is 0 Å². The zero-order chi connectivity index (χ0) is 13.2. The van der Waals surface area contributed by atoms with E-state index in [1.165, 1.54) is 26.4 Å². The summed E-state index contributed by atoms with van der Waals surface area (Å²) >= 11 is 0. The van der Waals surface area contributed by atoms with Gasteiger partial charge in [0, 0.05) is 6.54 Å². The normalized spacial score (nSPS) is 16.8. The fraction of sp³-hybridized carbons (Fsp3) is 0.500. The summed E-state index contributed by atoms with van der Waals surface area (Å²) in [5.41, 5.74) is 8.26. The first-order valence-electron chi connectivity index (χ1n) is 6.26. The molecule has 1 aromatic carbocycles. The second-order valence-corrected chi connectivity index (χ2v) is 5.31. The summed E-state index contributed by atoms with van der Waals surface area (Å²) in [6.45, 7) is 3.16. The third kappa shape index (κ3) is 2.58. The zero-order valence-electron chi connectivity index (χ0n) is 11.0. The average Bonchev–Trinajstić information content (AvgIpc) is 2.34. The third-order valence-corrected chi connectivity index (χ3v) is 3.74. The summed E-state index contributed by atoms with van der Waals surface area (Å²) in [4.78, 5) is 11.5. The minimum atomic E-state index is -0.340. The van der Waals surface area contributed by atoms with Crippen molar-refractivity contribution in [3.8, 4) is 0 Å². The van der Waals surface area contributed by atoms with Crippen LogP contribution in [0.4, 0.5) is 11.4 Å². The number of methoxy groups -OCH3 is 1. The van der Waals surface area contributed by atoms with Gasteiger partial charge in [0.05, 0.1) is 24.0 Å². The number of carbonyl (C=O) groups excluding carboxylic acids is 1. The van der Waals surface area contributed by atoms with Gasteiger partial charge in [0.1, 0.15) is 0 Å². The molecule has 0 atom stereocenters. The van der Waals surface area contributed by atoms with Gasteiger partial charge in [0.25, 0.3) is 0 Å². The number of anilines is 2. The quantitative estimate of drug-likeness (QED) is 0.635. The Hall–Kier alpha value is -1.71. The van der Waals surface area contributed by atoms with Crippen molar-refractivity contribution in [3.05, 3.63) is 23.8 Å². The van der Waals surface area contributed by atoms with E-state index in [1.54, 1.807) is 18.2 Å². The lowest BCUT2D eigenvalue weighted by Gasteiger charge is -2.38. The van der Waals surface area contributed by atoms with Crippen LogP contribution in [0.2, 0.25) is 0 Å². The Bertz CT molecular complexity index is 453. The minimum absolute atomic E-state index is 0.340. The molecule has 4 nitrogen and oxygen atoms in total. The van der Waals surface area contributed by atoms with E-state index in [2.05, 4.69) is 12.2 Å². The number of hydrogen-bond acceptors (Lipinski definition) is 4. The summed E-state index contributed by atoms with van der Waals surface area (Å²) in [5.74, 6) is -0.340. The number of rotatable bonds is 4. The molecule has 0 aliphatic heterocycles. The lowest BCUT2D eigenvalue weighted by atomic mass is 9.70. The van der Waals surface area contributed by atoms with Crippen LogP contribution in [0.25, 0.3) is 0 Å². The van der Waals surface area contributed by atoms with Gasteiger partial charge in [-0.25, -0.2) is 4.79 Å². The lowest BCUT2D eigenvalue weighted by Crippen LogP contribution is -2.33. The van der Waals surface area contributed by atoms with Crippen molar-refractivity contribution in [2.45, 2.75) is 26.2 Å². The van der Waals surface area contributed by atoms with Crippen molar-refractivity contribution in [2.24, 2.45) is 5.41 Å². The van der Waals surface area contributed by atoms with E-state index in [1.807, 2.05) is 0 Å². The van der Waals surface area contributed by atoms with E-state index in [4.69, 9.17) is 10.5 Å². The van der Waals surface area contributed by atoms with Gasteiger partial charge in [0.2, 0.25) is 0 Å². The van der Waals surface area contributed by atoms with E-state index in [9.17, 15) is 4.79 Å². The van der Waals surface area contributed by atoms with Crippen LogP contribution in [0.3, 0.4) is 0 Å². The Morgan fingerprint density at radius 3 is 2.78 bits per heavy atom. The largest absolute Gasteiger partial charge is 0.465 e. The Labute approximate surface area is 108 Å². The van der Waals surface area contributed by atoms with Gasteiger partial charge in [-0.1, -0.05) is 13.3 Å². The smallest absolute Gasteiger partial charge is 0.337 e. The fourth-order valence-corrected chi connectivity index (χ4v) is 2.22. The van der Waals surface area contributed by atoms with Crippen molar-refractivity contribution in [2.75, 3.05) is 24.7 Å². The van der Waals surface area contributed by atoms with Crippen LogP contribution in [0.1, 0.15) is 36.5 Å². The van der Waals surface area contributed by atoms with Crippen molar-refractivity contribution in [3.63, 3.8) is 0 Å². The first kappa shape index (κ1) is 12.7. The Morgan fingerprint density at radius 1 is 1.50 bits per heavy atom. The lowest BCUT2D eigenvalue weighted by molar-refractivity contribution is 0.0601. The number of nitrogens with one attached hydrogen (secondary N) is 1. The number of hydrogen-bond donors (Lipinski definition) is 2. The first-order valence-corrected chi connectivity index (χ1v) is 6.26. The molecular weight excluding hydrogens is 228 g/mol. The monoisotopic (exact) mass is 248 g/mol. The maximum absolute atomic E-state index is 11.5. The minimum Gasteiger partial charge on any atom is -0.465 e. The third-order valence-electron chi connectivity index (χ3n) is 3.74. The van der Waals surface area contributed by atoms with E-state index in [0.717, 1.165) is 12.2 Å². The maximum atomic E-state index is 11.5. The topological polar surface area (TPSA) is 64.3 Å². The number of ether oxygens (including phenoxy) is 1. The molecule has 2 rings (SSSR count). The van der Waals surface area contributed by atoms with Gasteiger partial charge in [-0.2, -0.15) is 0 Å². The predicted molar refractivity (Wildman–Crippen MR) is 72.6 cm³/mol. The summed E-state index contributed by atoms with van der Waals surface area (Å²) in [6, 6.07) is 5.16. The first-order chi connectivity index (χ1) is 8.54. The second-order valence-electron chi connectivity index (χ2n) is 5.31. The highest BCUT2D eigenvalue weighted by atomic mass is 16.5. The molecule has 18 heavy (non-hydrogen) atoms. The molecule has 0 aromatic heterocycles. The zero-order valence-corrected chi connectivity index (χ0v) is 11.0. The van der Waals surface area contributed by atoms with Crippen LogP contribution in [0.5, 0.6) is 0 Å². The average molecular weight is 248 g/mol. The van der Waals surface area contributed by atoms with E-state index >= 15 is 0 Å². The number of carbonyl (C=O) groups is 1. The summed E-state index contributed by atoms with van der Waals surface area (Å²) in [6.07, 6.45) is 3.79. The standard InChI is InChI=1S/C14H20N2O2/c1-14(6-3-7-14)9-16-12-8-10(13(17)18-2)4-5-11(12)15/h4-5,8,16H,3,6-7,9,15H2,1-2H3. The number of nitrogens with two attached hydrogens (primary N) is 1. The van der Waals surface area contributed by atoms with Gasteiger partial charge >= 0.3 is 5.97 Å². The molecule has 3 N–H and O–H groups in total. The summed E-state index contributed by atoms with van der Waals surface area (Å²) < 4.78 is 4.70. The van der Waals surface area contributed by atoms with E-state index < -0.39 is 0 Å². The van der Waals surface area contributed by atoms with Crippen molar-refractivity contribution < 1.29 is 9.53 Å². The highest BCUT2D eigenvalue weighted by Gasteiger charge is 2.31. The molecule has 1 aliphatic carbocycles. The van der Waals surface area contributed by atoms with Gasteiger partial charge in [-0.15, -0.1) is 0 Å². The molecule has 1 saturated carbocycles. The van der Waals surface area contributed by atoms with Crippen LogP contribution in [-0.4, -0.2) is 19.6 Å². The second kappa shape index (κ2) is 4.88. The van der Waals surface area contributed by atoms with Gasteiger partial charge in [-0.3, -0.25) is 0 Å². The van der Waals surface area contributed by atoms with Crippen molar-refractivity contribution in [1.29, 1.82) is 0 Å². The highest BCUT2D eigenvalue weighted by molar-refractivity contribution is 5.91. The summed E-state index contributed by atoms with van der Waals surface area (Å²) in [5, 5.41) is 3.34. The summed E-state index contributed by atoms with van der Waals surface area (Å²) in [7, 11) is 1.38. The molecule has 0 spiro atoms. The number of benzene rings is 1. The van der Waals surface area contributed by atoms with Crippen LogP contribution < -0.4 is 11.1 Å². The molecule has 0 heterocycles. The fourth-order valence-electron chi connectivity index (χ4n) is 2.22. The molecule has 0 unspecified atom stereocenters. The van der Waals surface area contributed by atoms with Gasteiger partial charge < -0.3 is 15.8 Å². The maximum Gasteiger partial charge on any atom is 0.337 e. The van der Waals surface area contributed by atoms with Crippen LogP contribution in [0.15, 0.2) is 18.2 Å². The van der Waals surface area contributed by atoms with Crippen molar-refractivity contribution >= 4 is 17.3 Å². The molecule has 0 amide bonds. The molecule has 0 bridgehead atoms. The Morgan fingerprint density at radius 2 is 2.22 bits per heavy atom. The molecule has 0 saturated heterocycles. The molecule has 0 radical (unpaired) electrons. The number of esters is 1. The highest BCUT2D eigenvalue weighted by Crippen LogP contribution is 2.40.